The van der Waals surface area contributed by atoms with Crippen molar-refractivity contribution in [1.82, 2.24) is 10.2 Å². The Hall–Kier alpha value is -1.30. The van der Waals surface area contributed by atoms with Crippen LogP contribution in [0.3, 0.4) is 0 Å². The highest BCUT2D eigenvalue weighted by molar-refractivity contribution is 5.75. The van der Waals surface area contributed by atoms with Gasteiger partial charge in [-0.1, -0.05) is 6.92 Å². The third kappa shape index (κ3) is 5.06. The lowest BCUT2D eigenvalue weighted by atomic mass is 9.96. The van der Waals surface area contributed by atoms with Crippen molar-refractivity contribution in [1.29, 1.82) is 0 Å². The zero-order valence-corrected chi connectivity index (χ0v) is 11.8. The van der Waals surface area contributed by atoms with E-state index in [1.54, 1.807) is 4.90 Å². The molecule has 1 saturated heterocycles. The summed E-state index contributed by atoms with van der Waals surface area (Å²) in [6.45, 7) is 6.61. The maximum absolute atomic E-state index is 12.1. The third-order valence-electron chi connectivity index (χ3n) is 3.56. The van der Waals surface area contributed by atoms with Crippen LogP contribution in [-0.2, 0) is 4.79 Å². The summed E-state index contributed by atoms with van der Waals surface area (Å²) in [6, 6.07) is -0.186. The average Bonchev–Trinajstić information content (AvgIpc) is 2.29. The van der Waals surface area contributed by atoms with Crippen molar-refractivity contribution in [2.75, 3.05) is 13.1 Å². The van der Waals surface area contributed by atoms with Crippen molar-refractivity contribution in [3.8, 4) is 0 Å². The van der Waals surface area contributed by atoms with Gasteiger partial charge in [0.25, 0.3) is 0 Å². The summed E-state index contributed by atoms with van der Waals surface area (Å²) < 4.78 is 0. The molecule has 0 spiro atoms. The molecule has 1 heterocycles. The molecule has 1 rings (SSSR count). The molecule has 19 heavy (non-hydrogen) atoms. The van der Waals surface area contributed by atoms with Gasteiger partial charge in [0.2, 0.25) is 0 Å². The average molecular weight is 272 g/mol. The predicted molar refractivity (Wildman–Crippen MR) is 70.8 cm³/mol. The summed E-state index contributed by atoms with van der Waals surface area (Å²) in [6.07, 6.45) is 0.663. The van der Waals surface area contributed by atoms with Crippen LogP contribution in [0, 0.1) is 5.92 Å². The van der Waals surface area contributed by atoms with E-state index in [4.69, 9.17) is 5.11 Å². The van der Waals surface area contributed by atoms with Crippen molar-refractivity contribution in [3.63, 3.8) is 0 Å². The molecule has 6 heteroatoms. The lowest BCUT2D eigenvalue weighted by Gasteiger charge is -2.37. The summed E-state index contributed by atoms with van der Waals surface area (Å²) in [5, 5.41) is 21.2. The third-order valence-corrected chi connectivity index (χ3v) is 3.56. The summed E-state index contributed by atoms with van der Waals surface area (Å²) >= 11 is 0. The fourth-order valence-electron chi connectivity index (χ4n) is 2.17. The number of carbonyl (C=O) groups is 2. The van der Waals surface area contributed by atoms with E-state index in [9.17, 15) is 14.7 Å². The van der Waals surface area contributed by atoms with Gasteiger partial charge in [0, 0.05) is 25.0 Å². The van der Waals surface area contributed by atoms with Crippen LogP contribution in [0.5, 0.6) is 0 Å². The Morgan fingerprint density at radius 2 is 2.05 bits per heavy atom. The number of carbonyl (C=O) groups excluding carboxylic acids is 1. The quantitative estimate of drug-likeness (QED) is 0.713. The van der Waals surface area contributed by atoms with E-state index in [0.717, 1.165) is 0 Å². The summed E-state index contributed by atoms with van der Waals surface area (Å²) in [4.78, 5) is 24.3. The van der Waals surface area contributed by atoms with Crippen LogP contribution < -0.4 is 5.32 Å². The molecule has 1 fully saturated rings. The molecule has 0 aromatic rings. The van der Waals surface area contributed by atoms with Gasteiger partial charge in [-0.15, -0.1) is 0 Å². The van der Waals surface area contributed by atoms with Crippen molar-refractivity contribution in [3.05, 3.63) is 0 Å². The molecule has 0 saturated carbocycles. The van der Waals surface area contributed by atoms with Gasteiger partial charge in [-0.05, 0) is 32.6 Å². The number of aliphatic hydroxyl groups is 1. The fraction of sp³-hybridized carbons (Fsp3) is 0.846. The molecule has 0 aromatic heterocycles. The molecular formula is C13H24N2O4. The summed E-state index contributed by atoms with van der Waals surface area (Å²) in [7, 11) is 0. The van der Waals surface area contributed by atoms with Gasteiger partial charge < -0.3 is 20.4 Å². The first-order chi connectivity index (χ1) is 8.71. The van der Waals surface area contributed by atoms with Crippen molar-refractivity contribution in [2.24, 2.45) is 5.92 Å². The molecule has 0 aromatic carbocycles. The second kappa shape index (κ2) is 6.23. The van der Waals surface area contributed by atoms with Gasteiger partial charge in [0.15, 0.2) is 0 Å². The molecule has 0 aliphatic carbocycles. The number of aliphatic carboxylic acids is 1. The molecule has 2 amide bonds. The highest BCUT2D eigenvalue weighted by atomic mass is 16.4. The number of hydrogen-bond donors (Lipinski definition) is 3. The second-order valence-corrected chi connectivity index (χ2v) is 5.99. The molecule has 1 aliphatic heterocycles. The minimum absolute atomic E-state index is 0.0302. The van der Waals surface area contributed by atoms with Gasteiger partial charge in [-0.2, -0.15) is 0 Å². The highest BCUT2D eigenvalue weighted by Crippen LogP contribution is 2.18. The standard InChI is InChI=1S/C13H24N2O4/c1-9-8-15(7-5-10(9)16)12(19)14-13(2,3)6-4-11(17)18/h9-10,16H,4-8H2,1-3H3,(H,14,19)(H,17,18). The minimum atomic E-state index is -0.864. The lowest BCUT2D eigenvalue weighted by molar-refractivity contribution is -0.137. The zero-order valence-electron chi connectivity index (χ0n) is 11.8. The van der Waals surface area contributed by atoms with E-state index in [1.165, 1.54) is 0 Å². The molecule has 3 N–H and O–H groups in total. The molecule has 6 nitrogen and oxygen atoms in total. The van der Waals surface area contributed by atoms with Crippen LogP contribution >= 0.6 is 0 Å². The topological polar surface area (TPSA) is 89.9 Å². The van der Waals surface area contributed by atoms with Crippen LogP contribution in [0.1, 0.15) is 40.0 Å². The first-order valence-electron chi connectivity index (χ1n) is 6.68. The Balaban J connectivity index is 2.47. The van der Waals surface area contributed by atoms with Crippen LogP contribution in [0.15, 0.2) is 0 Å². The van der Waals surface area contributed by atoms with Crippen LogP contribution in [0.2, 0.25) is 0 Å². The number of nitrogens with one attached hydrogen (secondary N) is 1. The fourth-order valence-corrected chi connectivity index (χ4v) is 2.17. The maximum atomic E-state index is 12.1. The number of amides is 2. The molecule has 0 bridgehead atoms. The first kappa shape index (κ1) is 15.8. The van der Waals surface area contributed by atoms with Crippen molar-refractivity contribution < 1.29 is 19.8 Å². The van der Waals surface area contributed by atoms with E-state index in [1.807, 2.05) is 20.8 Å². The van der Waals surface area contributed by atoms with Crippen LogP contribution in [0.4, 0.5) is 4.79 Å². The maximum Gasteiger partial charge on any atom is 0.317 e. The molecule has 1 aliphatic rings. The smallest absolute Gasteiger partial charge is 0.317 e. The highest BCUT2D eigenvalue weighted by Gasteiger charge is 2.30. The summed E-state index contributed by atoms with van der Waals surface area (Å²) in [5.74, 6) is -0.793. The number of carboxylic acid groups (broad SMARTS) is 1. The Kier molecular flexibility index (Phi) is 5.17. The van der Waals surface area contributed by atoms with E-state index in [0.29, 0.717) is 25.9 Å². The second-order valence-electron chi connectivity index (χ2n) is 5.99. The van der Waals surface area contributed by atoms with Gasteiger partial charge in [-0.3, -0.25) is 4.79 Å². The van der Waals surface area contributed by atoms with Crippen molar-refractivity contribution in [2.45, 2.75) is 51.7 Å². The van der Waals surface area contributed by atoms with Crippen molar-refractivity contribution >= 4 is 12.0 Å². The predicted octanol–water partition coefficient (Wildman–Crippen LogP) is 1.04. The Bertz CT molecular complexity index is 344. The number of rotatable bonds is 4. The largest absolute Gasteiger partial charge is 0.481 e. The zero-order chi connectivity index (χ0) is 14.6. The number of hydrogen-bond acceptors (Lipinski definition) is 3. The van der Waals surface area contributed by atoms with E-state index >= 15 is 0 Å². The minimum Gasteiger partial charge on any atom is -0.481 e. The van der Waals surface area contributed by atoms with E-state index in [2.05, 4.69) is 5.32 Å². The normalized spacial score (nSPS) is 24.1. The Morgan fingerprint density at radius 1 is 1.42 bits per heavy atom. The van der Waals surface area contributed by atoms with E-state index in [-0.39, 0.29) is 24.5 Å². The molecular weight excluding hydrogens is 248 g/mol. The molecule has 2 unspecified atom stereocenters. The Labute approximate surface area is 113 Å². The van der Waals surface area contributed by atoms with Gasteiger partial charge >= 0.3 is 12.0 Å². The molecule has 0 radical (unpaired) electrons. The monoisotopic (exact) mass is 272 g/mol. The summed E-state index contributed by atoms with van der Waals surface area (Å²) in [5.41, 5.74) is -0.547. The SMILES string of the molecule is CC1CN(C(=O)NC(C)(C)CCC(=O)O)CCC1O. The van der Waals surface area contributed by atoms with E-state index < -0.39 is 11.5 Å². The van der Waals surface area contributed by atoms with Crippen LogP contribution in [0.25, 0.3) is 0 Å². The van der Waals surface area contributed by atoms with Gasteiger partial charge in [0.1, 0.15) is 0 Å². The first-order valence-corrected chi connectivity index (χ1v) is 6.68. The van der Waals surface area contributed by atoms with Gasteiger partial charge in [0.05, 0.1) is 6.10 Å². The van der Waals surface area contributed by atoms with Crippen LogP contribution in [-0.4, -0.2) is 51.8 Å². The molecule has 110 valence electrons. The number of nitrogens with zero attached hydrogens (tertiary/aromatic N) is 1. The number of aliphatic hydroxyl groups excluding tert-OH is 1. The number of carboxylic acids is 1. The molecule has 2 atom stereocenters. The Morgan fingerprint density at radius 3 is 2.58 bits per heavy atom. The number of likely N-dealkylation sites (tertiary alicyclic amines) is 1. The number of piperidine rings is 1. The number of urea groups is 1. The lowest BCUT2D eigenvalue weighted by Crippen LogP contribution is -2.54. The van der Waals surface area contributed by atoms with Gasteiger partial charge in [-0.25, -0.2) is 4.79 Å².